The van der Waals surface area contributed by atoms with Crippen molar-refractivity contribution in [1.29, 1.82) is 0 Å². The Balaban J connectivity index is 3.58. The molecule has 0 heterocycles. The third kappa shape index (κ3) is 4.73. The minimum Gasteiger partial charge on any atom is -0.396 e. The predicted octanol–water partition coefficient (Wildman–Crippen LogP) is 1.64. The van der Waals surface area contributed by atoms with E-state index in [2.05, 4.69) is 33.0 Å². The van der Waals surface area contributed by atoms with Crippen molar-refractivity contribution in [2.24, 2.45) is 11.8 Å². The Morgan fingerprint density at radius 3 is 2.17 bits per heavy atom. The molecule has 2 N–H and O–H groups in total. The molecular formula is C10H23NO. The zero-order chi connectivity index (χ0) is 9.56. The van der Waals surface area contributed by atoms with E-state index in [0.717, 1.165) is 13.0 Å². The maximum atomic E-state index is 9.04. The smallest absolute Gasteiger partial charge is 0.0473 e. The molecule has 0 bridgehead atoms. The number of aliphatic hydroxyl groups excluding tert-OH is 1. The van der Waals surface area contributed by atoms with E-state index < -0.39 is 0 Å². The fourth-order valence-electron chi connectivity index (χ4n) is 1.01. The van der Waals surface area contributed by atoms with Crippen LogP contribution < -0.4 is 5.32 Å². The number of aliphatic hydroxyl groups is 1. The summed E-state index contributed by atoms with van der Waals surface area (Å²) in [4.78, 5) is 0. The average molecular weight is 173 g/mol. The summed E-state index contributed by atoms with van der Waals surface area (Å²) in [6.45, 7) is 9.87. The van der Waals surface area contributed by atoms with E-state index in [9.17, 15) is 0 Å². The summed E-state index contributed by atoms with van der Waals surface area (Å²) in [5, 5.41) is 12.4. The monoisotopic (exact) mass is 173 g/mol. The first kappa shape index (κ1) is 11.9. The van der Waals surface area contributed by atoms with Crippen LogP contribution >= 0.6 is 0 Å². The van der Waals surface area contributed by atoms with Crippen LogP contribution in [0.1, 0.15) is 34.1 Å². The summed E-state index contributed by atoms with van der Waals surface area (Å²) >= 11 is 0. The fraction of sp³-hybridized carbons (Fsp3) is 1.00. The van der Waals surface area contributed by atoms with E-state index in [0.29, 0.717) is 24.5 Å². The van der Waals surface area contributed by atoms with Gasteiger partial charge in [0.05, 0.1) is 0 Å². The largest absolute Gasteiger partial charge is 0.396 e. The van der Waals surface area contributed by atoms with Crippen molar-refractivity contribution < 1.29 is 5.11 Å². The summed E-state index contributed by atoms with van der Waals surface area (Å²) in [5.74, 6) is 0.963. The molecule has 0 aliphatic heterocycles. The van der Waals surface area contributed by atoms with E-state index >= 15 is 0 Å². The average Bonchev–Trinajstić information content (AvgIpc) is 2.04. The lowest BCUT2D eigenvalue weighted by Gasteiger charge is -2.21. The molecule has 2 nitrogen and oxygen atoms in total. The van der Waals surface area contributed by atoms with Gasteiger partial charge < -0.3 is 10.4 Å². The topological polar surface area (TPSA) is 32.3 Å². The SMILES string of the molecule is CCC(C)NCC(CO)C(C)C. The Morgan fingerprint density at radius 2 is 1.83 bits per heavy atom. The van der Waals surface area contributed by atoms with E-state index in [1.165, 1.54) is 0 Å². The first-order valence-corrected chi connectivity index (χ1v) is 4.96. The Morgan fingerprint density at radius 1 is 1.25 bits per heavy atom. The molecule has 74 valence electrons. The molecule has 0 spiro atoms. The molecule has 0 radical (unpaired) electrons. The molecule has 2 heteroatoms. The van der Waals surface area contributed by atoms with E-state index in [1.54, 1.807) is 0 Å². The van der Waals surface area contributed by atoms with E-state index in [4.69, 9.17) is 5.11 Å². The standard InChI is InChI=1S/C10H23NO/c1-5-9(4)11-6-10(7-12)8(2)3/h8-12H,5-7H2,1-4H3. The van der Waals surface area contributed by atoms with Gasteiger partial charge in [0, 0.05) is 19.2 Å². The van der Waals surface area contributed by atoms with Gasteiger partial charge in [-0.1, -0.05) is 20.8 Å². The van der Waals surface area contributed by atoms with Gasteiger partial charge in [0.1, 0.15) is 0 Å². The van der Waals surface area contributed by atoms with Gasteiger partial charge in [-0.25, -0.2) is 0 Å². The van der Waals surface area contributed by atoms with Gasteiger partial charge in [0.2, 0.25) is 0 Å². The Kier molecular flexibility index (Phi) is 6.39. The molecule has 0 aromatic heterocycles. The highest BCUT2D eigenvalue weighted by atomic mass is 16.3. The molecule has 12 heavy (non-hydrogen) atoms. The van der Waals surface area contributed by atoms with Gasteiger partial charge in [0.15, 0.2) is 0 Å². The van der Waals surface area contributed by atoms with Crippen LogP contribution in [-0.2, 0) is 0 Å². The molecule has 0 aliphatic rings. The summed E-state index contributed by atoms with van der Waals surface area (Å²) < 4.78 is 0. The molecule has 0 rings (SSSR count). The van der Waals surface area contributed by atoms with Crippen molar-refractivity contribution in [2.75, 3.05) is 13.2 Å². The highest BCUT2D eigenvalue weighted by Crippen LogP contribution is 2.08. The fourth-order valence-corrected chi connectivity index (χ4v) is 1.01. The van der Waals surface area contributed by atoms with Crippen molar-refractivity contribution in [3.05, 3.63) is 0 Å². The second-order valence-electron chi connectivity index (χ2n) is 3.90. The van der Waals surface area contributed by atoms with Crippen molar-refractivity contribution in [3.8, 4) is 0 Å². The van der Waals surface area contributed by atoms with Crippen LogP contribution in [0.4, 0.5) is 0 Å². The number of rotatable bonds is 6. The van der Waals surface area contributed by atoms with Crippen molar-refractivity contribution in [1.82, 2.24) is 5.32 Å². The molecule has 0 aromatic carbocycles. The third-order valence-electron chi connectivity index (χ3n) is 2.52. The third-order valence-corrected chi connectivity index (χ3v) is 2.52. The molecule has 0 saturated heterocycles. The lowest BCUT2D eigenvalue weighted by atomic mass is 9.96. The lowest BCUT2D eigenvalue weighted by Crippen LogP contribution is -2.34. The minimum absolute atomic E-state index is 0.293. The second-order valence-corrected chi connectivity index (χ2v) is 3.90. The maximum absolute atomic E-state index is 9.04. The first-order valence-electron chi connectivity index (χ1n) is 4.96. The highest BCUT2D eigenvalue weighted by molar-refractivity contribution is 4.67. The maximum Gasteiger partial charge on any atom is 0.0473 e. The van der Waals surface area contributed by atoms with Crippen molar-refractivity contribution in [3.63, 3.8) is 0 Å². The van der Waals surface area contributed by atoms with Gasteiger partial charge in [0.25, 0.3) is 0 Å². The minimum atomic E-state index is 0.293. The Bertz CT molecular complexity index is 104. The Labute approximate surface area is 76.4 Å². The predicted molar refractivity (Wildman–Crippen MR) is 53.2 cm³/mol. The Hall–Kier alpha value is -0.0800. The van der Waals surface area contributed by atoms with Crippen LogP contribution in [0.25, 0.3) is 0 Å². The number of hydrogen-bond donors (Lipinski definition) is 2. The molecule has 2 unspecified atom stereocenters. The summed E-state index contributed by atoms with van der Waals surface area (Å²) in [5.41, 5.74) is 0. The van der Waals surface area contributed by atoms with Gasteiger partial charge in [-0.15, -0.1) is 0 Å². The van der Waals surface area contributed by atoms with Crippen LogP contribution in [0, 0.1) is 11.8 Å². The van der Waals surface area contributed by atoms with Crippen LogP contribution in [0.3, 0.4) is 0 Å². The van der Waals surface area contributed by atoms with Crippen LogP contribution in [-0.4, -0.2) is 24.3 Å². The molecule has 2 atom stereocenters. The zero-order valence-electron chi connectivity index (χ0n) is 8.80. The van der Waals surface area contributed by atoms with Crippen LogP contribution in [0.15, 0.2) is 0 Å². The molecular weight excluding hydrogens is 150 g/mol. The summed E-state index contributed by atoms with van der Waals surface area (Å²) in [7, 11) is 0. The first-order chi connectivity index (χ1) is 5.61. The highest BCUT2D eigenvalue weighted by Gasteiger charge is 2.12. The molecule has 0 saturated carbocycles. The normalized spacial score (nSPS) is 16.5. The molecule has 0 aromatic rings. The van der Waals surface area contributed by atoms with Gasteiger partial charge >= 0.3 is 0 Å². The van der Waals surface area contributed by atoms with Crippen LogP contribution in [0.5, 0.6) is 0 Å². The van der Waals surface area contributed by atoms with E-state index in [1.807, 2.05) is 0 Å². The van der Waals surface area contributed by atoms with Crippen molar-refractivity contribution in [2.45, 2.75) is 40.2 Å². The molecule has 0 fully saturated rings. The van der Waals surface area contributed by atoms with Crippen molar-refractivity contribution >= 4 is 0 Å². The van der Waals surface area contributed by atoms with E-state index in [-0.39, 0.29) is 0 Å². The molecule has 0 aliphatic carbocycles. The summed E-state index contributed by atoms with van der Waals surface area (Å²) in [6.07, 6.45) is 1.15. The number of nitrogens with one attached hydrogen (secondary N) is 1. The number of hydrogen-bond acceptors (Lipinski definition) is 2. The second kappa shape index (κ2) is 6.44. The van der Waals surface area contributed by atoms with Crippen LogP contribution in [0.2, 0.25) is 0 Å². The van der Waals surface area contributed by atoms with Gasteiger partial charge in [-0.05, 0) is 25.2 Å². The lowest BCUT2D eigenvalue weighted by molar-refractivity contribution is 0.183. The zero-order valence-corrected chi connectivity index (χ0v) is 8.80. The quantitative estimate of drug-likeness (QED) is 0.640. The summed E-state index contributed by atoms with van der Waals surface area (Å²) in [6, 6.07) is 0.567. The van der Waals surface area contributed by atoms with Gasteiger partial charge in [-0.2, -0.15) is 0 Å². The van der Waals surface area contributed by atoms with Gasteiger partial charge in [-0.3, -0.25) is 0 Å². The molecule has 0 amide bonds.